The summed E-state index contributed by atoms with van der Waals surface area (Å²) in [5.41, 5.74) is 0. The van der Waals surface area contributed by atoms with Gasteiger partial charge in [-0.25, -0.2) is 0 Å². The van der Waals surface area contributed by atoms with E-state index in [9.17, 15) is 5.11 Å². The third kappa shape index (κ3) is 13.5. The maximum atomic E-state index is 9.38. The molecule has 0 amide bonds. The van der Waals surface area contributed by atoms with E-state index in [2.05, 4.69) is 11.8 Å². The van der Waals surface area contributed by atoms with Crippen molar-refractivity contribution in [1.29, 1.82) is 0 Å². The maximum Gasteiger partial charge on any atom is 0.0586 e. The van der Waals surface area contributed by atoms with Gasteiger partial charge in [0, 0.05) is 12.6 Å². The van der Waals surface area contributed by atoms with Crippen molar-refractivity contribution < 1.29 is 10.2 Å². The SMILES string of the molecule is CCCCCCCCCCCCCCC(CO)N(C)CCO. The third-order valence-corrected chi connectivity index (χ3v) is 4.68. The molecule has 0 saturated heterocycles. The molecule has 3 heteroatoms. The molecule has 0 aromatic carbocycles. The van der Waals surface area contributed by atoms with Crippen LogP contribution in [0.1, 0.15) is 90.4 Å². The van der Waals surface area contributed by atoms with E-state index >= 15 is 0 Å². The molecule has 0 aliphatic heterocycles. The number of rotatable bonds is 17. The highest BCUT2D eigenvalue weighted by Gasteiger charge is 2.12. The Morgan fingerprint density at radius 3 is 1.59 bits per heavy atom. The molecule has 0 saturated carbocycles. The minimum atomic E-state index is 0.172. The lowest BCUT2D eigenvalue weighted by Gasteiger charge is -2.25. The molecular weight excluding hydrogens is 274 g/mol. The molecule has 0 radical (unpaired) electrons. The monoisotopic (exact) mass is 315 g/mol. The van der Waals surface area contributed by atoms with Crippen LogP contribution in [0.2, 0.25) is 0 Å². The molecule has 0 aromatic rings. The fourth-order valence-electron chi connectivity index (χ4n) is 3.01. The van der Waals surface area contributed by atoms with Crippen LogP contribution in [0.4, 0.5) is 0 Å². The van der Waals surface area contributed by atoms with Crippen LogP contribution in [0, 0.1) is 0 Å². The zero-order valence-corrected chi connectivity index (χ0v) is 15.2. The largest absolute Gasteiger partial charge is 0.395 e. The average Bonchev–Trinajstić information content (AvgIpc) is 2.52. The first-order chi connectivity index (χ1) is 10.8. The van der Waals surface area contributed by atoms with Crippen LogP contribution < -0.4 is 0 Å². The summed E-state index contributed by atoms with van der Waals surface area (Å²) in [5, 5.41) is 18.3. The van der Waals surface area contributed by atoms with Gasteiger partial charge in [-0.2, -0.15) is 0 Å². The molecule has 134 valence electrons. The summed E-state index contributed by atoms with van der Waals surface area (Å²) < 4.78 is 0. The van der Waals surface area contributed by atoms with Crippen molar-refractivity contribution in [1.82, 2.24) is 4.90 Å². The van der Waals surface area contributed by atoms with E-state index in [1.165, 1.54) is 77.0 Å². The Bertz CT molecular complexity index is 212. The van der Waals surface area contributed by atoms with Crippen LogP contribution in [-0.2, 0) is 0 Å². The van der Waals surface area contributed by atoms with Crippen LogP contribution >= 0.6 is 0 Å². The van der Waals surface area contributed by atoms with Crippen LogP contribution in [-0.4, -0.2) is 48.0 Å². The number of nitrogens with zero attached hydrogens (tertiary/aromatic N) is 1. The molecule has 0 aliphatic rings. The van der Waals surface area contributed by atoms with Gasteiger partial charge in [-0.05, 0) is 13.5 Å². The Morgan fingerprint density at radius 2 is 1.18 bits per heavy atom. The van der Waals surface area contributed by atoms with E-state index in [1.807, 2.05) is 7.05 Å². The van der Waals surface area contributed by atoms with Gasteiger partial charge >= 0.3 is 0 Å². The maximum absolute atomic E-state index is 9.38. The van der Waals surface area contributed by atoms with Gasteiger partial charge in [-0.3, -0.25) is 4.90 Å². The Kier molecular flexibility index (Phi) is 17.1. The standard InChI is InChI=1S/C19H41NO2/c1-3-4-5-6-7-8-9-10-11-12-13-14-15-19(18-22)20(2)16-17-21/h19,21-22H,3-18H2,1-2H3. The lowest BCUT2D eigenvalue weighted by atomic mass is 10.0. The van der Waals surface area contributed by atoms with E-state index in [4.69, 9.17) is 5.11 Å². The third-order valence-electron chi connectivity index (χ3n) is 4.68. The van der Waals surface area contributed by atoms with E-state index in [1.54, 1.807) is 0 Å². The molecule has 0 rings (SSSR count). The van der Waals surface area contributed by atoms with E-state index in [0.29, 0.717) is 6.54 Å². The number of likely N-dealkylation sites (N-methyl/N-ethyl adjacent to an activating group) is 1. The second kappa shape index (κ2) is 17.2. The molecule has 2 N–H and O–H groups in total. The zero-order valence-electron chi connectivity index (χ0n) is 15.2. The first-order valence-electron chi connectivity index (χ1n) is 9.68. The fourth-order valence-corrected chi connectivity index (χ4v) is 3.01. The second-order valence-electron chi connectivity index (χ2n) is 6.72. The molecule has 1 unspecified atom stereocenters. The molecule has 0 heterocycles. The first-order valence-corrected chi connectivity index (χ1v) is 9.68. The van der Waals surface area contributed by atoms with Crippen LogP contribution in [0.5, 0.6) is 0 Å². The van der Waals surface area contributed by atoms with Gasteiger partial charge in [0.25, 0.3) is 0 Å². The van der Waals surface area contributed by atoms with Gasteiger partial charge in [0.15, 0.2) is 0 Å². The normalized spacial score (nSPS) is 13.0. The summed E-state index contributed by atoms with van der Waals surface area (Å²) in [6.07, 6.45) is 17.5. The highest BCUT2D eigenvalue weighted by Crippen LogP contribution is 2.14. The quantitative estimate of drug-likeness (QED) is 0.392. The summed E-state index contributed by atoms with van der Waals surface area (Å²) in [7, 11) is 1.98. The van der Waals surface area contributed by atoms with Crippen molar-refractivity contribution in [2.45, 2.75) is 96.4 Å². The van der Waals surface area contributed by atoms with Gasteiger partial charge in [0.05, 0.1) is 13.2 Å². The summed E-state index contributed by atoms with van der Waals surface area (Å²) in [6.45, 7) is 3.30. The Labute approximate surface area is 139 Å². The summed E-state index contributed by atoms with van der Waals surface area (Å²) in [5.74, 6) is 0. The van der Waals surface area contributed by atoms with Crippen molar-refractivity contribution in [3.05, 3.63) is 0 Å². The van der Waals surface area contributed by atoms with Crippen LogP contribution in [0.25, 0.3) is 0 Å². The predicted molar refractivity (Wildman–Crippen MR) is 96.3 cm³/mol. The molecule has 0 bridgehead atoms. The smallest absolute Gasteiger partial charge is 0.0586 e. The molecule has 1 atom stereocenters. The predicted octanol–water partition coefficient (Wildman–Crippen LogP) is 4.36. The van der Waals surface area contributed by atoms with Gasteiger partial charge < -0.3 is 10.2 Å². The number of unbranched alkanes of at least 4 members (excludes halogenated alkanes) is 11. The fraction of sp³-hybridized carbons (Fsp3) is 1.00. The van der Waals surface area contributed by atoms with E-state index in [-0.39, 0.29) is 19.3 Å². The van der Waals surface area contributed by atoms with Gasteiger partial charge in [0.1, 0.15) is 0 Å². The number of hydrogen-bond donors (Lipinski definition) is 2. The number of aliphatic hydroxyl groups is 2. The average molecular weight is 316 g/mol. The van der Waals surface area contributed by atoms with Crippen molar-refractivity contribution in [2.24, 2.45) is 0 Å². The molecule has 0 aliphatic carbocycles. The lowest BCUT2D eigenvalue weighted by molar-refractivity contribution is 0.117. The Morgan fingerprint density at radius 1 is 0.727 bits per heavy atom. The van der Waals surface area contributed by atoms with E-state index < -0.39 is 0 Å². The van der Waals surface area contributed by atoms with Crippen molar-refractivity contribution in [3.63, 3.8) is 0 Å². The topological polar surface area (TPSA) is 43.7 Å². The molecule has 0 aromatic heterocycles. The van der Waals surface area contributed by atoms with Crippen LogP contribution in [0.15, 0.2) is 0 Å². The minimum Gasteiger partial charge on any atom is -0.395 e. The highest BCUT2D eigenvalue weighted by atomic mass is 16.3. The lowest BCUT2D eigenvalue weighted by Crippen LogP contribution is -2.36. The molecular formula is C19H41NO2. The highest BCUT2D eigenvalue weighted by molar-refractivity contribution is 4.67. The molecule has 0 spiro atoms. The van der Waals surface area contributed by atoms with Crippen molar-refractivity contribution in [2.75, 3.05) is 26.8 Å². The summed E-state index contributed by atoms with van der Waals surface area (Å²) in [4.78, 5) is 2.07. The number of hydrogen-bond acceptors (Lipinski definition) is 3. The summed E-state index contributed by atoms with van der Waals surface area (Å²) >= 11 is 0. The van der Waals surface area contributed by atoms with Crippen molar-refractivity contribution >= 4 is 0 Å². The molecule has 3 nitrogen and oxygen atoms in total. The second-order valence-corrected chi connectivity index (χ2v) is 6.72. The Balaban J connectivity index is 3.28. The van der Waals surface area contributed by atoms with Gasteiger partial charge in [0.2, 0.25) is 0 Å². The Hall–Kier alpha value is -0.120. The van der Waals surface area contributed by atoms with Crippen molar-refractivity contribution in [3.8, 4) is 0 Å². The van der Waals surface area contributed by atoms with Gasteiger partial charge in [-0.1, -0.05) is 84.0 Å². The molecule has 22 heavy (non-hydrogen) atoms. The van der Waals surface area contributed by atoms with Gasteiger partial charge in [-0.15, -0.1) is 0 Å². The number of aliphatic hydroxyl groups excluding tert-OH is 2. The molecule has 0 fully saturated rings. The van der Waals surface area contributed by atoms with E-state index in [0.717, 1.165) is 6.42 Å². The first kappa shape index (κ1) is 21.9. The van der Waals surface area contributed by atoms with Crippen LogP contribution in [0.3, 0.4) is 0 Å². The zero-order chi connectivity index (χ0) is 16.5. The summed E-state index contributed by atoms with van der Waals surface area (Å²) in [6, 6.07) is 0.218. The minimum absolute atomic E-state index is 0.172.